The zero-order valence-electron chi connectivity index (χ0n) is 15.6. The van der Waals surface area contributed by atoms with E-state index in [1.807, 2.05) is 32.0 Å². The Morgan fingerprint density at radius 2 is 1.60 bits per heavy atom. The molecule has 0 aromatic heterocycles. The molecule has 0 spiro atoms. The molecule has 25 heavy (non-hydrogen) atoms. The molecule has 1 saturated carbocycles. The van der Waals surface area contributed by atoms with Crippen LogP contribution in [-0.4, -0.2) is 34.6 Å². The number of nitrogens with zero attached hydrogens (tertiary/aromatic N) is 1. The SMILES string of the molecule is CC(=O)C(C(=O)Nc1c(C)cccc1C)N(C(C)=O)C1CCCCC1. The number of para-hydroxylation sites is 1. The highest BCUT2D eigenvalue weighted by atomic mass is 16.2. The summed E-state index contributed by atoms with van der Waals surface area (Å²) in [5, 5.41) is 2.88. The van der Waals surface area contributed by atoms with Gasteiger partial charge in [-0.2, -0.15) is 0 Å². The molecule has 0 saturated heterocycles. The van der Waals surface area contributed by atoms with Crippen molar-refractivity contribution in [3.05, 3.63) is 29.3 Å². The van der Waals surface area contributed by atoms with Crippen molar-refractivity contribution in [3.8, 4) is 0 Å². The quantitative estimate of drug-likeness (QED) is 0.833. The number of anilines is 1. The molecular weight excluding hydrogens is 316 g/mol. The Morgan fingerprint density at radius 3 is 2.08 bits per heavy atom. The Morgan fingerprint density at radius 1 is 1.04 bits per heavy atom. The smallest absolute Gasteiger partial charge is 0.254 e. The second-order valence-electron chi connectivity index (χ2n) is 6.99. The summed E-state index contributed by atoms with van der Waals surface area (Å²) in [6.07, 6.45) is 4.89. The van der Waals surface area contributed by atoms with Crippen LogP contribution < -0.4 is 5.32 Å². The van der Waals surface area contributed by atoms with Gasteiger partial charge in [0.15, 0.2) is 11.8 Å². The van der Waals surface area contributed by atoms with Gasteiger partial charge in [-0.1, -0.05) is 37.5 Å². The second-order valence-corrected chi connectivity index (χ2v) is 6.99. The predicted molar refractivity (Wildman–Crippen MR) is 98.4 cm³/mol. The first-order chi connectivity index (χ1) is 11.8. The van der Waals surface area contributed by atoms with Gasteiger partial charge in [0, 0.05) is 18.7 Å². The molecule has 0 radical (unpaired) electrons. The van der Waals surface area contributed by atoms with E-state index in [4.69, 9.17) is 0 Å². The van der Waals surface area contributed by atoms with E-state index in [1.165, 1.54) is 18.7 Å². The lowest BCUT2D eigenvalue weighted by molar-refractivity contribution is -0.146. The van der Waals surface area contributed by atoms with Gasteiger partial charge in [-0.15, -0.1) is 0 Å². The fourth-order valence-electron chi connectivity index (χ4n) is 3.72. The van der Waals surface area contributed by atoms with Crippen LogP contribution in [0, 0.1) is 13.8 Å². The maximum atomic E-state index is 12.9. The number of carbonyl (C=O) groups excluding carboxylic acids is 3. The Labute approximate surface area is 149 Å². The van der Waals surface area contributed by atoms with Crippen LogP contribution in [0.5, 0.6) is 0 Å². The van der Waals surface area contributed by atoms with E-state index in [0.29, 0.717) is 5.69 Å². The van der Waals surface area contributed by atoms with E-state index in [0.717, 1.165) is 43.2 Å². The zero-order chi connectivity index (χ0) is 18.6. The van der Waals surface area contributed by atoms with Gasteiger partial charge in [0.2, 0.25) is 5.91 Å². The van der Waals surface area contributed by atoms with Crippen molar-refractivity contribution < 1.29 is 14.4 Å². The molecule has 1 atom stereocenters. The van der Waals surface area contributed by atoms with Crippen molar-refractivity contribution in [2.75, 3.05) is 5.32 Å². The minimum Gasteiger partial charge on any atom is -0.323 e. The van der Waals surface area contributed by atoms with Crippen molar-refractivity contribution in [3.63, 3.8) is 0 Å². The number of hydrogen-bond acceptors (Lipinski definition) is 3. The Hall–Kier alpha value is -2.17. The van der Waals surface area contributed by atoms with Gasteiger partial charge in [0.25, 0.3) is 5.91 Å². The lowest BCUT2D eigenvalue weighted by Gasteiger charge is -2.37. The first kappa shape index (κ1) is 19.2. The first-order valence-electron chi connectivity index (χ1n) is 8.99. The molecule has 0 bridgehead atoms. The largest absolute Gasteiger partial charge is 0.323 e. The lowest BCUT2D eigenvalue weighted by Crippen LogP contribution is -2.55. The first-order valence-corrected chi connectivity index (χ1v) is 8.99. The Kier molecular flexibility index (Phi) is 6.34. The summed E-state index contributed by atoms with van der Waals surface area (Å²) in [5.74, 6) is -0.945. The molecule has 2 rings (SSSR count). The van der Waals surface area contributed by atoms with Gasteiger partial charge in [0.05, 0.1) is 0 Å². The third kappa shape index (κ3) is 4.47. The summed E-state index contributed by atoms with van der Waals surface area (Å²) >= 11 is 0. The predicted octanol–water partition coefficient (Wildman–Crippen LogP) is 3.38. The summed E-state index contributed by atoms with van der Waals surface area (Å²) in [5.41, 5.74) is 2.58. The molecule has 136 valence electrons. The zero-order valence-corrected chi connectivity index (χ0v) is 15.6. The maximum absolute atomic E-state index is 12.9. The van der Waals surface area contributed by atoms with Crippen LogP contribution in [0.2, 0.25) is 0 Å². The molecule has 0 aliphatic heterocycles. The highest BCUT2D eigenvalue weighted by molar-refractivity contribution is 6.12. The van der Waals surface area contributed by atoms with Crippen molar-refractivity contribution in [1.29, 1.82) is 0 Å². The van der Waals surface area contributed by atoms with Crippen LogP contribution in [0.1, 0.15) is 57.1 Å². The molecule has 2 amide bonds. The minimum absolute atomic E-state index is 0.0381. The summed E-state index contributed by atoms with van der Waals surface area (Å²) in [4.78, 5) is 39.0. The van der Waals surface area contributed by atoms with Gasteiger partial charge in [-0.25, -0.2) is 0 Å². The molecule has 1 aromatic rings. The lowest BCUT2D eigenvalue weighted by atomic mass is 9.92. The number of hydrogen-bond donors (Lipinski definition) is 1. The number of amides is 2. The standard InChI is InChI=1S/C20H28N2O3/c1-13-9-8-10-14(2)18(13)21-20(25)19(15(3)23)22(16(4)24)17-11-6-5-7-12-17/h8-10,17,19H,5-7,11-12H2,1-4H3,(H,21,25). The van der Waals surface area contributed by atoms with Gasteiger partial charge in [-0.05, 0) is 44.7 Å². The summed E-state index contributed by atoms with van der Waals surface area (Å²) in [6, 6.07) is 4.64. The minimum atomic E-state index is -1.07. The van der Waals surface area contributed by atoms with Crippen LogP contribution in [0.3, 0.4) is 0 Å². The highest BCUT2D eigenvalue weighted by Gasteiger charge is 2.37. The van der Waals surface area contributed by atoms with Crippen LogP contribution in [0.4, 0.5) is 5.69 Å². The molecule has 5 heteroatoms. The van der Waals surface area contributed by atoms with Crippen LogP contribution in [-0.2, 0) is 14.4 Å². The van der Waals surface area contributed by atoms with E-state index in [9.17, 15) is 14.4 Å². The molecule has 1 fully saturated rings. The van der Waals surface area contributed by atoms with Crippen LogP contribution in [0.15, 0.2) is 18.2 Å². The topological polar surface area (TPSA) is 66.5 Å². The molecule has 1 N–H and O–H groups in total. The maximum Gasteiger partial charge on any atom is 0.254 e. The summed E-state index contributed by atoms with van der Waals surface area (Å²) in [7, 11) is 0. The molecule has 0 heterocycles. The molecular formula is C20H28N2O3. The fourth-order valence-corrected chi connectivity index (χ4v) is 3.72. The normalized spacial score (nSPS) is 16.2. The second kappa shape index (κ2) is 8.28. The van der Waals surface area contributed by atoms with Crippen molar-refractivity contribution in [2.24, 2.45) is 0 Å². The van der Waals surface area contributed by atoms with Crippen molar-refractivity contribution >= 4 is 23.3 Å². The molecule has 1 aliphatic rings. The third-order valence-electron chi connectivity index (χ3n) is 4.97. The molecule has 1 unspecified atom stereocenters. The molecule has 1 aromatic carbocycles. The average molecular weight is 344 g/mol. The Bertz CT molecular complexity index is 643. The number of benzene rings is 1. The van der Waals surface area contributed by atoms with E-state index in [-0.39, 0.29) is 17.7 Å². The molecule has 5 nitrogen and oxygen atoms in total. The van der Waals surface area contributed by atoms with Gasteiger partial charge < -0.3 is 10.2 Å². The number of aryl methyl sites for hydroxylation is 2. The monoisotopic (exact) mass is 344 g/mol. The van der Waals surface area contributed by atoms with E-state index in [1.54, 1.807) is 0 Å². The summed E-state index contributed by atoms with van der Waals surface area (Å²) < 4.78 is 0. The summed E-state index contributed by atoms with van der Waals surface area (Å²) in [6.45, 7) is 6.65. The van der Waals surface area contributed by atoms with E-state index < -0.39 is 11.9 Å². The highest BCUT2D eigenvalue weighted by Crippen LogP contribution is 2.26. The van der Waals surface area contributed by atoms with Crippen molar-refractivity contribution in [2.45, 2.75) is 71.9 Å². The van der Waals surface area contributed by atoms with Gasteiger partial charge in [-0.3, -0.25) is 14.4 Å². The molecule has 1 aliphatic carbocycles. The van der Waals surface area contributed by atoms with Gasteiger partial charge >= 0.3 is 0 Å². The number of nitrogens with one attached hydrogen (secondary N) is 1. The van der Waals surface area contributed by atoms with E-state index >= 15 is 0 Å². The van der Waals surface area contributed by atoms with Crippen LogP contribution in [0.25, 0.3) is 0 Å². The van der Waals surface area contributed by atoms with Gasteiger partial charge in [0.1, 0.15) is 0 Å². The van der Waals surface area contributed by atoms with Crippen LogP contribution >= 0.6 is 0 Å². The number of ketones is 1. The number of rotatable bonds is 5. The Balaban J connectivity index is 2.29. The third-order valence-corrected chi connectivity index (χ3v) is 4.97. The fraction of sp³-hybridized carbons (Fsp3) is 0.550. The van der Waals surface area contributed by atoms with E-state index in [2.05, 4.69) is 5.32 Å². The van der Waals surface area contributed by atoms with Crippen molar-refractivity contribution in [1.82, 2.24) is 4.90 Å². The number of carbonyl (C=O) groups is 3. The number of Topliss-reactive ketones (excluding diaryl/α,β-unsaturated/α-hetero) is 1. The average Bonchev–Trinajstić information content (AvgIpc) is 2.56.